The van der Waals surface area contributed by atoms with Crippen molar-refractivity contribution in [2.45, 2.75) is 0 Å². The van der Waals surface area contributed by atoms with E-state index in [1.807, 2.05) is 24.3 Å². The Morgan fingerprint density at radius 2 is 1.59 bits per heavy atom. The van der Waals surface area contributed by atoms with E-state index in [2.05, 4.69) is 15.8 Å². The summed E-state index contributed by atoms with van der Waals surface area (Å²) < 4.78 is 6.40. The van der Waals surface area contributed by atoms with Crippen LogP contribution in [0.2, 0.25) is 10.0 Å². The average molecular weight is 512 g/mol. The van der Waals surface area contributed by atoms with Crippen molar-refractivity contribution in [3.63, 3.8) is 0 Å². The lowest BCUT2D eigenvalue weighted by Gasteiger charge is -2.07. The number of esters is 1. The first kappa shape index (κ1) is 23.4. The van der Waals surface area contributed by atoms with Gasteiger partial charge >= 0.3 is 17.8 Å². The van der Waals surface area contributed by atoms with Gasteiger partial charge in [0.15, 0.2) is 0 Å². The number of hydrogen-bond acceptors (Lipinski definition) is 6. The van der Waals surface area contributed by atoms with Gasteiger partial charge in [-0.15, -0.1) is 11.3 Å². The number of benzene rings is 3. The van der Waals surface area contributed by atoms with Crippen LogP contribution in [-0.2, 0) is 9.59 Å². The molecule has 7 nitrogen and oxygen atoms in total. The molecule has 0 atom stereocenters. The number of nitrogens with zero attached hydrogens (tertiary/aromatic N) is 1. The highest BCUT2D eigenvalue weighted by Gasteiger charge is 2.20. The molecule has 0 aliphatic heterocycles. The molecule has 2 N–H and O–H groups in total. The van der Waals surface area contributed by atoms with Crippen LogP contribution < -0.4 is 15.5 Å². The molecule has 1 aromatic heterocycles. The van der Waals surface area contributed by atoms with Crippen molar-refractivity contribution in [2.75, 3.05) is 5.32 Å². The van der Waals surface area contributed by atoms with Crippen LogP contribution in [0.15, 0.2) is 77.9 Å². The molecule has 10 heteroatoms. The first-order chi connectivity index (χ1) is 16.4. The van der Waals surface area contributed by atoms with Crippen molar-refractivity contribution < 1.29 is 19.1 Å². The molecule has 0 fully saturated rings. The minimum Gasteiger partial charge on any atom is -0.422 e. The Bertz CT molecular complexity index is 1420. The summed E-state index contributed by atoms with van der Waals surface area (Å²) in [5.41, 5.74) is 2.95. The summed E-state index contributed by atoms with van der Waals surface area (Å²) in [7, 11) is 0. The van der Waals surface area contributed by atoms with E-state index in [-0.39, 0.29) is 10.6 Å². The smallest absolute Gasteiger partial charge is 0.355 e. The van der Waals surface area contributed by atoms with E-state index in [1.165, 1.54) is 17.6 Å². The molecule has 1 heterocycles. The summed E-state index contributed by atoms with van der Waals surface area (Å²) in [5.74, 6) is -2.28. The van der Waals surface area contributed by atoms with E-state index in [0.717, 1.165) is 10.1 Å². The van der Waals surface area contributed by atoms with Gasteiger partial charge in [-0.25, -0.2) is 10.2 Å². The van der Waals surface area contributed by atoms with Gasteiger partial charge in [0, 0.05) is 26.4 Å². The molecular formula is C24H15Cl2N3O4S. The van der Waals surface area contributed by atoms with Crippen LogP contribution in [-0.4, -0.2) is 24.0 Å². The number of anilines is 1. The third kappa shape index (κ3) is 5.43. The third-order valence-electron chi connectivity index (χ3n) is 4.52. The first-order valence-corrected chi connectivity index (χ1v) is 11.4. The molecule has 34 heavy (non-hydrogen) atoms. The maximum Gasteiger partial charge on any atom is 0.355 e. The number of halogens is 2. The highest BCUT2D eigenvalue weighted by atomic mass is 35.5. The molecule has 0 spiro atoms. The second-order valence-corrected chi connectivity index (χ2v) is 8.70. The largest absolute Gasteiger partial charge is 0.422 e. The van der Waals surface area contributed by atoms with E-state index in [0.29, 0.717) is 21.3 Å². The molecular weight excluding hydrogens is 497 g/mol. The molecule has 0 unspecified atom stereocenters. The monoisotopic (exact) mass is 511 g/mol. The van der Waals surface area contributed by atoms with Gasteiger partial charge in [-0.1, -0.05) is 53.5 Å². The predicted octanol–water partition coefficient (Wildman–Crippen LogP) is 5.52. The number of nitrogens with one attached hydrogen (secondary N) is 2. The molecule has 0 aliphatic rings. The van der Waals surface area contributed by atoms with Gasteiger partial charge in [0.1, 0.15) is 10.6 Å². The molecule has 0 saturated heterocycles. The van der Waals surface area contributed by atoms with Crippen molar-refractivity contribution >= 4 is 74.3 Å². The maximum atomic E-state index is 12.8. The van der Waals surface area contributed by atoms with Crippen LogP contribution in [0, 0.1) is 0 Å². The van der Waals surface area contributed by atoms with Crippen molar-refractivity contribution in [3.05, 3.63) is 93.3 Å². The topological polar surface area (TPSA) is 96.9 Å². The lowest BCUT2D eigenvalue weighted by Crippen LogP contribution is -2.32. The first-order valence-electron chi connectivity index (χ1n) is 9.80. The summed E-state index contributed by atoms with van der Waals surface area (Å²) in [6, 6.07) is 20.3. The zero-order valence-electron chi connectivity index (χ0n) is 17.2. The van der Waals surface area contributed by atoms with E-state index >= 15 is 0 Å². The van der Waals surface area contributed by atoms with Gasteiger partial charge in [0.25, 0.3) is 0 Å². The van der Waals surface area contributed by atoms with E-state index in [9.17, 15) is 14.4 Å². The number of thiophene rings is 1. The van der Waals surface area contributed by atoms with Gasteiger partial charge in [0.05, 0.1) is 11.2 Å². The summed E-state index contributed by atoms with van der Waals surface area (Å²) in [4.78, 5) is 37.0. The van der Waals surface area contributed by atoms with Crippen LogP contribution in [0.1, 0.15) is 15.2 Å². The molecule has 0 saturated carbocycles. The Labute approximate surface area is 207 Å². The number of ether oxygens (including phenoxy) is 1. The highest BCUT2D eigenvalue weighted by Crippen LogP contribution is 2.36. The van der Waals surface area contributed by atoms with Crippen LogP contribution in [0.3, 0.4) is 0 Å². The van der Waals surface area contributed by atoms with E-state index < -0.39 is 17.8 Å². The fraction of sp³-hybridized carbons (Fsp3) is 0. The predicted molar refractivity (Wildman–Crippen MR) is 134 cm³/mol. The standard InChI is InChI=1S/C24H15Cl2N3O4S/c25-15-9-11-16(12-10-15)28-22(30)23(31)29-27-13-14-5-1-3-7-18(14)33-24(32)21-20(26)17-6-2-4-8-19(17)34-21/h1-13H,(H,28,30)(H,29,31)/b27-13-. The fourth-order valence-corrected chi connectivity index (χ4v) is 4.41. The molecule has 0 aliphatic carbocycles. The van der Waals surface area contributed by atoms with Crippen molar-refractivity contribution in [2.24, 2.45) is 5.10 Å². The number of carbonyl (C=O) groups excluding carboxylic acids is 3. The Balaban J connectivity index is 1.42. The summed E-state index contributed by atoms with van der Waals surface area (Å²) >= 11 is 13.4. The van der Waals surface area contributed by atoms with Crippen molar-refractivity contribution in [3.8, 4) is 5.75 Å². The maximum absolute atomic E-state index is 12.8. The molecule has 4 aromatic rings. The lowest BCUT2D eigenvalue weighted by atomic mass is 10.2. The number of para-hydroxylation sites is 1. The SMILES string of the molecule is O=C(N/N=C\c1ccccc1OC(=O)c1sc2ccccc2c1Cl)C(=O)Nc1ccc(Cl)cc1. The lowest BCUT2D eigenvalue weighted by molar-refractivity contribution is -0.136. The summed E-state index contributed by atoms with van der Waals surface area (Å²) in [6.45, 7) is 0. The zero-order valence-corrected chi connectivity index (χ0v) is 19.6. The number of fused-ring (bicyclic) bond motifs is 1. The Kier molecular flexibility index (Phi) is 7.22. The quantitative estimate of drug-likeness (QED) is 0.121. The van der Waals surface area contributed by atoms with Crippen LogP contribution in [0.5, 0.6) is 5.75 Å². The van der Waals surface area contributed by atoms with Gasteiger partial charge in [-0.3, -0.25) is 9.59 Å². The summed E-state index contributed by atoms with van der Waals surface area (Å²) in [5, 5.41) is 7.82. The van der Waals surface area contributed by atoms with E-state index in [4.69, 9.17) is 27.9 Å². The molecule has 170 valence electrons. The second kappa shape index (κ2) is 10.5. The number of hydrazone groups is 1. The normalized spacial score (nSPS) is 10.9. The molecule has 0 radical (unpaired) electrons. The molecule has 0 bridgehead atoms. The number of carbonyl (C=O) groups is 3. The molecule has 4 rings (SSSR count). The van der Waals surface area contributed by atoms with Crippen molar-refractivity contribution in [1.29, 1.82) is 0 Å². The Morgan fingerprint density at radius 3 is 2.35 bits per heavy atom. The third-order valence-corrected chi connectivity index (χ3v) is 6.43. The van der Waals surface area contributed by atoms with Crippen molar-refractivity contribution in [1.82, 2.24) is 5.43 Å². The van der Waals surface area contributed by atoms with Gasteiger partial charge < -0.3 is 10.1 Å². The Hall–Kier alpha value is -3.72. The van der Waals surface area contributed by atoms with Gasteiger partial charge in [-0.2, -0.15) is 5.10 Å². The summed E-state index contributed by atoms with van der Waals surface area (Å²) in [6.07, 6.45) is 1.27. The minimum absolute atomic E-state index is 0.213. The fourth-order valence-electron chi connectivity index (χ4n) is 2.90. The molecule has 2 amide bonds. The van der Waals surface area contributed by atoms with Crippen LogP contribution in [0.25, 0.3) is 10.1 Å². The van der Waals surface area contributed by atoms with Gasteiger partial charge in [0.2, 0.25) is 0 Å². The highest BCUT2D eigenvalue weighted by molar-refractivity contribution is 7.21. The average Bonchev–Trinajstić information content (AvgIpc) is 3.18. The van der Waals surface area contributed by atoms with Gasteiger partial charge in [-0.05, 0) is 42.5 Å². The minimum atomic E-state index is -0.974. The second-order valence-electron chi connectivity index (χ2n) is 6.83. The number of hydrogen-bond donors (Lipinski definition) is 2. The van der Waals surface area contributed by atoms with Crippen LogP contribution in [0.4, 0.5) is 5.69 Å². The zero-order chi connectivity index (χ0) is 24.1. The number of rotatable bonds is 5. The van der Waals surface area contributed by atoms with E-state index in [1.54, 1.807) is 48.5 Å². The number of amides is 2. The van der Waals surface area contributed by atoms with Crippen LogP contribution >= 0.6 is 34.5 Å². The molecule has 3 aromatic carbocycles. The Morgan fingerprint density at radius 1 is 0.882 bits per heavy atom.